The van der Waals surface area contributed by atoms with Gasteiger partial charge in [-0.2, -0.15) is 0 Å². The molecule has 1 fully saturated rings. The first-order valence-electron chi connectivity index (χ1n) is 9.00. The Labute approximate surface area is 159 Å². The molecule has 1 saturated carbocycles. The number of alkyl halides is 2. The topological polar surface area (TPSA) is 70.9 Å². The highest BCUT2D eigenvalue weighted by Gasteiger charge is 2.45. The number of hydrogen-bond acceptors (Lipinski definition) is 5. The smallest absolute Gasteiger partial charge is 0.266 e. The van der Waals surface area contributed by atoms with Crippen LogP contribution in [0.4, 0.5) is 19.0 Å². The van der Waals surface area contributed by atoms with E-state index in [2.05, 4.69) is 20.3 Å². The minimum Gasteiger partial charge on any atom is -0.395 e. The normalized spacial score (nSPS) is 16.4. The Balaban J connectivity index is 1.70. The van der Waals surface area contributed by atoms with Crippen LogP contribution in [0, 0.1) is 5.82 Å². The molecule has 1 aliphatic carbocycles. The largest absolute Gasteiger partial charge is 0.395 e. The lowest BCUT2D eigenvalue weighted by molar-refractivity contribution is 0.146. The molecule has 2 aromatic heterocycles. The van der Waals surface area contributed by atoms with Gasteiger partial charge in [-0.15, -0.1) is 0 Å². The first-order chi connectivity index (χ1) is 13.4. The van der Waals surface area contributed by atoms with Gasteiger partial charge in [-0.05, 0) is 25.8 Å². The molecule has 28 heavy (non-hydrogen) atoms. The predicted octanol–water partition coefficient (Wildman–Crippen LogP) is 4.30. The highest BCUT2D eigenvalue weighted by molar-refractivity contribution is 5.88. The number of aliphatic hydroxyl groups is 1. The molecule has 0 saturated heterocycles. The summed E-state index contributed by atoms with van der Waals surface area (Å²) in [5, 5.41) is 13.4. The second-order valence-corrected chi connectivity index (χ2v) is 7.16. The van der Waals surface area contributed by atoms with Crippen LogP contribution in [0.5, 0.6) is 0 Å². The van der Waals surface area contributed by atoms with Crippen molar-refractivity contribution in [3.05, 3.63) is 59.4 Å². The minimum atomic E-state index is -2.88. The molecule has 0 radical (unpaired) electrons. The molecule has 2 heterocycles. The van der Waals surface area contributed by atoms with Crippen LogP contribution in [0.25, 0.3) is 10.9 Å². The van der Waals surface area contributed by atoms with Crippen molar-refractivity contribution in [2.24, 2.45) is 0 Å². The lowest BCUT2D eigenvalue weighted by Gasteiger charge is -2.19. The molecular formula is C20H19F3N4O. The van der Waals surface area contributed by atoms with Gasteiger partial charge in [0.25, 0.3) is 6.43 Å². The van der Waals surface area contributed by atoms with Crippen LogP contribution in [-0.4, -0.2) is 26.7 Å². The Bertz CT molecular complexity index is 1020. The van der Waals surface area contributed by atoms with Crippen molar-refractivity contribution in [1.29, 1.82) is 0 Å². The van der Waals surface area contributed by atoms with Crippen LogP contribution in [-0.2, 0) is 5.41 Å². The third-order valence-electron chi connectivity index (χ3n) is 5.33. The van der Waals surface area contributed by atoms with Crippen molar-refractivity contribution >= 4 is 16.7 Å². The first kappa shape index (κ1) is 18.6. The van der Waals surface area contributed by atoms with Crippen LogP contribution < -0.4 is 5.32 Å². The van der Waals surface area contributed by atoms with Gasteiger partial charge < -0.3 is 10.4 Å². The van der Waals surface area contributed by atoms with Crippen molar-refractivity contribution < 1.29 is 18.3 Å². The highest BCUT2D eigenvalue weighted by Crippen LogP contribution is 2.47. The molecule has 0 aliphatic heterocycles. The molecule has 1 aromatic carbocycles. The molecule has 2 N–H and O–H groups in total. The van der Waals surface area contributed by atoms with Crippen LogP contribution in [0.1, 0.15) is 49.1 Å². The Morgan fingerprint density at radius 2 is 1.93 bits per heavy atom. The van der Waals surface area contributed by atoms with E-state index in [1.807, 2.05) is 6.07 Å². The summed E-state index contributed by atoms with van der Waals surface area (Å²) < 4.78 is 40.5. The molecule has 5 nitrogen and oxygen atoms in total. The maximum Gasteiger partial charge on any atom is 0.266 e. The summed E-state index contributed by atoms with van der Waals surface area (Å²) in [5.41, 5.74) is 0.560. The number of rotatable bonds is 6. The van der Waals surface area contributed by atoms with Gasteiger partial charge >= 0.3 is 0 Å². The van der Waals surface area contributed by atoms with Gasteiger partial charge in [0.15, 0.2) is 0 Å². The van der Waals surface area contributed by atoms with Crippen LogP contribution in [0.2, 0.25) is 0 Å². The predicted molar refractivity (Wildman–Crippen MR) is 98.7 cm³/mol. The molecule has 1 unspecified atom stereocenters. The van der Waals surface area contributed by atoms with Gasteiger partial charge in [0.1, 0.15) is 18.0 Å². The van der Waals surface area contributed by atoms with Gasteiger partial charge in [0, 0.05) is 22.1 Å². The van der Waals surface area contributed by atoms with Crippen molar-refractivity contribution in [1.82, 2.24) is 15.0 Å². The minimum absolute atomic E-state index is 0.0179. The number of aromatic nitrogens is 3. The quantitative estimate of drug-likeness (QED) is 0.659. The number of anilines is 1. The van der Waals surface area contributed by atoms with Crippen LogP contribution in [0.15, 0.2) is 36.8 Å². The second-order valence-electron chi connectivity index (χ2n) is 7.16. The second kappa shape index (κ2) is 7.01. The maximum atomic E-state index is 14.5. The van der Waals surface area contributed by atoms with Crippen molar-refractivity contribution in [3.8, 4) is 0 Å². The van der Waals surface area contributed by atoms with Crippen molar-refractivity contribution in [2.75, 3.05) is 11.9 Å². The molecule has 0 spiro atoms. The van der Waals surface area contributed by atoms with E-state index in [1.165, 1.54) is 18.5 Å². The van der Waals surface area contributed by atoms with Crippen molar-refractivity contribution in [3.63, 3.8) is 0 Å². The van der Waals surface area contributed by atoms with E-state index in [0.29, 0.717) is 16.7 Å². The summed E-state index contributed by atoms with van der Waals surface area (Å²) >= 11 is 0. The molecule has 0 bridgehead atoms. The summed E-state index contributed by atoms with van der Waals surface area (Å²) in [7, 11) is 0. The number of nitrogens with one attached hydrogen (secondary N) is 1. The third kappa shape index (κ3) is 3.17. The van der Waals surface area contributed by atoms with Gasteiger partial charge in [0.05, 0.1) is 29.9 Å². The maximum absolute atomic E-state index is 14.5. The summed E-state index contributed by atoms with van der Waals surface area (Å²) in [4.78, 5) is 12.9. The standard InChI is InChI=1S/C20H19F3N4O/c1-11(12-3-2-4-13(17(12)21)18(22)23)27-19-14-7-16(20(9-28)5-6-20)24-8-15(14)25-10-26-19/h2-4,7-8,10-11,18,28H,5-6,9H2,1H3,(H,25,26,27). The molecule has 4 rings (SSSR count). The fourth-order valence-electron chi connectivity index (χ4n) is 3.36. The number of halogens is 3. The van der Waals surface area contributed by atoms with Crippen molar-refractivity contribution in [2.45, 2.75) is 37.6 Å². The number of hydrogen-bond donors (Lipinski definition) is 2. The molecular weight excluding hydrogens is 369 g/mol. The number of pyridine rings is 1. The zero-order chi connectivity index (χ0) is 19.9. The van der Waals surface area contributed by atoms with E-state index in [-0.39, 0.29) is 17.6 Å². The number of nitrogens with zero attached hydrogens (tertiary/aromatic N) is 3. The Morgan fingerprint density at radius 3 is 2.61 bits per heavy atom. The number of aliphatic hydroxyl groups excluding tert-OH is 1. The molecule has 146 valence electrons. The van der Waals surface area contributed by atoms with E-state index in [0.717, 1.165) is 24.6 Å². The lowest BCUT2D eigenvalue weighted by atomic mass is 10.0. The van der Waals surface area contributed by atoms with E-state index < -0.39 is 23.8 Å². The molecule has 1 atom stereocenters. The molecule has 3 aromatic rings. The number of benzene rings is 1. The van der Waals surface area contributed by atoms with Crippen LogP contribution >= 0.6 is 0 Å². The Kier molecular flexibility index (Phi) is 4.66. The fraction of sp³-hybridized carbons (Fsp3) is 0.350. The van der Waals surface area contributed by atoms with Crippen LogP contribution in [0.3, 0.4) is 0 Å². The summed E-state index contributed by atoms with van der Waals surface area (Å²) in [5.74, 6) is -0.466. The molecule has 1 aliphatic rings. The summed E-state index contributed by atoms with van der Waals surface area (Å²) in [6.07, 6.45) is 1.83. The zero-order valence-electron chi connectivity index (χ0n) is 15.2. The average molecular weight is 388 g/mol. The molecule has 8 heteroatoms. The summed E-state index contributed by atoms with van der Waals surface area (Å²) in [6.45, 7) is 1.70. The fourth-order valence-corrected chi connectivity index (χ4v) is 3.36. The van der Waals surface area contributed by atoms with E-state index in [9.17, 15) is 18.3 Å². The highest BCUT2D eigenvalue weighted by atomic mass is 19.3. The van der Waals surface area contributed by atoms with E-state index in [4.69, 9.17) is 0 Å². The first-order valence-corrected chi connectivity index (χ1v) is 9.00. The average Bonchev–Trinajstić information content (AvgIpc) is 3.49. The van der Waals surface area contributed by atoms with E-state index in [1.54, 1.807) is 13.1 Å². The third-order valence-corrected chi connectivity index (χ3v) is 5.33. The monoisotopic (exact) mass is 388 g/mol. The van der Waals surface area contributed by atoms with Gasteiger partial charge in [0.2, 0.25) is 0 Å². The lowest BCUT2D eigenvalue weighted by Crippen LogP contribution is -2.15. The molecule has 0 amide bonds. The Hall–Kier alpha value is -2.74. The SMILES string of the molecule is CC(Nc1ncnc2cnc(C3(CO)CC3)cc12)c1cccc(C(F)F)c1F. The van der Waals surface area contributed by atoms with Gasteiger partial charge in [-0.3, -0.25) is 4.98 Å². The summed E-state index contributed by atoms with van der Waals surface area (Å²) in [6, 6.07) is 5.20. The zero-order valence-corrected chi connectivity index (χ0v) is 15.2. The van der Waals surface area contributed by atoms with Gasteiger partial charge in [-0.25, -0.2) is 23.1 Å². The van der Waals surface area contributed by atoms with E-state index >= 15 is 0 Å². The van der Waals surface area contributed by atoms with Gasteiger partial charge in [-0.1, -0.05) is 18.2 Å². The Morgan fingerprint density at radius 1 is 1.18 bits per heavy atom. The number of fused-ring (bicyclic) bond motifs is 1.